The van der Waals surface area contributed by atoms with Crippen LogP contribution in [0.15, 0.2) is 48.7 Å². The molecular weight excluding hydrogens is 568 g/mol. The van der Waals surface area contributed by atoms with Crippen molar-refractivity contribution >= 4 is 35.0 Å². The lowest BCUT2D eigenvalue weighted by Crippen LogP contribution is -2.48. The average Bonchev–Trinajstić information content (AvgIpc) is 3.71. The molecule has 1 saturated heterocycles. The monoisotopic (exact) mass is 605 g/mol. The van der Waals surface area contributed by atoms with E-state index in [1.165, 1.54) is 25.9 Å². The van der Waals surface area contributed by atoms with Crippen molar-refractivity contribution in [3.05, 3.63) is 65.4 Å². The zero-order valence-electron chi connectivity index (χ0n) is 24.9. The van der Waals surface area contributed by atoms with Gasteiger partial charge < -0.3 is 25.6 Å². The number of nitrogens with one attached hydrogen (secondary N) is 1. The van der Waals surface area contributed by atoms with Crippen LogP contribution in [-0.2, 0) is 11.3 Å². The maximum Gasteiger partial charge on any atom is 0.342 e. The molecule has 2 fully saturated rings. The number of primary amides is 1. The van der Waals surface area contributed by atoms with Gasteiger partial charge in [0.25, 0.3) is 5.91 Å². The number of alkyl halides is 2. The van der Waals surface area contributed by atoms with E-state index in [0.717, 1.165) is 56.6 Å². The molecule has 1 atom stereocenters. The van der Waals surface area contributed by atoms with Crippen LogP contribution >= 0.6 is 0 Å². The van der Waals surface area contributed by atoms with Gasteiger partial charge in [-0.1, -0.05) is 43.2 Å². The molecule has 1 saturated carbocycles. The van der Waals surface area contributed by atoms with E-state index in [1.807, 2.05) is 18.2 Å². The highest BCUT2D eigenvalue weighted by Crippen LogP contribution is 2.43. The zero-order chi connectivity index (χ0) is 31.0. The first-order chi connectivity index (χ1) is 21.2. The first kappa shape index (κ1) is 29.7. The molecule has 0 radical (unpaired) electrons. The van der Waals surface area contributed by atoms with E-state index >= 15 is 8.78 Å². The van der Waals surface area contributed by atoms with E-state index in [1.54, 1.807) is 17.0 Å². The first-order valence-corrected chi connectivity index (χ1v) is 15.0. The van der Waals surface area contributed by atoms with Crippen molar-refractivity contribution in [2.24, 2.45) is 5.73 Å². The summed E-state index contributed by atoms with van der Waals surface area (Å²) in [5.41, 5.74) is 8.88. The summed E-state index contributed by atoms with van der Waals surface area (Å²) >= 11 is 0. The summed E-state index contributed by atoms with van der Waals surface area (Å²) in [4.78, 5) is 39.1. The molecule has 3 aliphatic rings. The summed E-state index contributed by atoms with van der Waals surface area (Å²) in [5.74, 6) is -4.51. The Labute approximate surface area is 255 Å². The number of nitrogens with zero attached hydrogens (tertiary/aromatic N) is 5. The van der Waals surface area contributed by atoms with Crippen LogP contribution in [0.3, 0.4) is 0 Å². The maximum absolute atomic E-state index is 15.0. The minimum absolute atomic E-state index is 0.00868. The Balaban J connectivity index is 1.33. The minimum atomic E-state index is -3.57. The Hall–Kier alpha value is -4.32. The fourth-order valence-corrected chi connectivity index (χ4v) is 6.82. The number of nitrogens with two attached hydrogens (primary N) is 1. The average molecular weight is 606 g/mol. The summed E-state index contributed by atoms with van der Waals surface area (Å²) in [6, 6.07) is 13.4. The van der Waals surface area contributed by atoms with Gasteiger partial charge in [-0.25, -0.2) is 4.98 Å². The summed E-state index contributed by atoms with van der Waals surface area (Å²) in [7, 11) is 2.86. The fourth-order valence-electron chi connectivity index (χ4n) is 6.82. The molecule has 0 bridgehead atoms. The van der Waals surface area contributed by atoms with Crippen LogP contribution in [0.2, 0.25) is 0 Å². The van der Waals surface area contributed by atoms with Crippen LogP contribution in [0, 0.1) is 0 Å². The van der Waals surface area contributed by atoms with Crippen LogP contribution in [0.25, 0.3) is 0 Å². The maximum atomic E-state index is 15.0. The first-order valence-electron chi connectivity index (χ1n) is 15.0. The molecule has 3 heterocycles. The van der Waals surface area contributed by atoms with Gasteiger partial charge in [-0.05, 0) is 43.5 Å². The van der Waals surface area contributed by atoms with E-state index in [9.17, 15) is 9.59 Å². The smallest absolute Gasteiger partial charge is 0.342 e. The van der Waals surface area contributed by atoms with Crippen molar-refractivity contribution in [3.63, 3.8) is 0 Å². The quantitative estimate of drug-likeness (QED) is 0.380. The fraction of sp³-hybridized carbons (Fsp3) is 0.438. The van der Waals surface area contributed by atoms with E-state index < -0.39 is 24.3 Å². The number of carbonyl (C=O) groups excluding carboxylic acids is 2. The van der Waals surface area contributed by atoms with Crippen molar-refractivity contribution in [1.29, 1.82) is 0 Å². The molecule has 44 heavy (non-hydrogen) atoms. The molecule has 3 aromatic rings. The molecule has 10 nitrogen and oxygen atoms in total. The number of carbonyl (C=O) groups is 2. The van der Waals surface area contributed by atoms with Gasteiger partial charge in [-0.3, -0.25) is 14.5 Å². The topological polar surface area (TPSA) is 117 Å². The number of methoxy groups -OCH3 is 1. The van der Waals surface area contributed by atoms with Crippen LogP contribution in [0.1, 0.15) is 59.5 Å². The van der Waals surface area contributed by atoms with E-state index in [2.05, 4.69) is 32.3 Å². The molecule has 0 unspecified atom stereocenters. The molecule has 2 aliphatic heterocycles. The molecular formula is C32H37F2N7O3. The van der Waals surface area contributed by atoms with Gasteiger partial charge in [0.1, 0.15) is 11.4 Å². The highest BCUT2D eigenvalue weighted by Gasteiger charge is 2.48. The molecule has 1 aromatic heterocycles. The molecule has 2 aromatic carbocycles. The molecule has 232 valence electrons. The third-order valence-corrected chi connectivity index (χ3v) is 8.98. The number of hydrogen-bond donors (Lipinski definition) is 2. The van der Waals surface area contributed by atoms with Gasteiger partial charge in [-0.2, -0.15) is 13.8 Å². The number of ether oxygens (including phenoxy) is 1. The largest absolute Gasteiger partial charge is 0.494 e. The Morgan fingerprint density at radius 1 is 1.14 bits per heavy atom. The number of halogens is 2. The predicted molar refractivity (Wildman–Crippen MR) is 164 cm³/mol. The van der Waals surface area contributed by atoms with Crippen molar-refractivity contribution in [2.75, 3.05) is 48.9 Å². The standard InChI is InChI=1S/C32H37F2N7O3/c1-39-25-16-36-31(38-29(25)41(22-10-6-7-11-22)19-32(33,34)30(39)43)37-24-13-12-23(28(35)42)26(27(24)44-2)21-14-15-40(18-21)17-20-8-4-3-5-9-20/h3-5,8-9,12-13,16,21-22H,6-7,10-11,14-15,17-19H2,1-2H3,(H2,35,42)(H,36,37,38)/t21-/m0/s1. The Bertz CT molecular complexity index is 1550. The number of hydrogen-bond acceptors (Lipinski definition) is 8. The minimum Gasteiger partial charge on any atom is -0.494 e. The third kappa shape index (κ3) is 5.66. The summed E-state index contributed by atoms with van der Waals surface area (Å²) in [6.45, 7) is 1.61. The number of likely N-dealkylation sites (tertiary alicyclic amines) is 1. The van der Waals surface area contributed by atoms with Crippen LogP contribution in [0.4, 0.5) is 31.9 Å². The number of fused-ring (bicyclic) bond motifs is 1. The molecule has 3 N–H and O–H groups in total. The summed E-state index contributed by atoms with van der Waals surface area (Å²) < 4.78 is 35.9. The van der Waals surface area contributed by atoms with Gasteiger partial charge in [0.2, 0.25) is 11.9 Å². The number of rotatable bonds is 8. The lowest BCUT2D eigenvalue weighted by Gasteiger charge is -2.31. The molecule has 12 heteroatoms. The second kappa shape index (κ2) is 12.0. The number of aromatic nitrogens is 2. The number of benzene rings is 2. The number of anilines is 4. The molecule has 2 amide bonds. The summed E-state index contributed by atoms with van der Waals surface area (Å²) in [6.07, 6.45) is 5.56. The van der Waals surface area contributed by atoms with Gasteiger partial charge in [0.05, 0.1) is 25.5 Å². The van der Waals surface area contributed by atoms with Crippen LogP contribution in [-0.4, -0.2) is 72.4 Å². The number of amides is 2. The summed E-state index contributed by atoms with van der Waals surface area (Å²) in [5, 5.41) is 3.20. The van der Waals surface area contributed by atoms with Crippen LogP contribution in [0.5, 0.6) is 5.75 Å². The zero-order valence-corrected chi connectivity index (χ0v) is 24.9. The van der Waals surface area contributed by atoms with E-state index in [0.29, 0.717) is 22.6 Å². The molecule has 1 aliphatic carbocycles. The van der Waals surface area contributed by atoms with Gasteiger partial charge >= 0.3 is 5.92 Å². The molecule has 6 rings (SSSR count). The van der Waals surface area contributed by atoms with Gasteiger partial charge in [0.15, 0.2) is 5.82 Å². The van der Waals surface area contributed by atoms with Gasteiger partial charge in [0, 0.05) is 43.2 Å². The predicted octanol–water partition coefficient (Wildman–Crippen LogP) is 4.68. The molecule has 0 spiro atoms. The second-order valence-electron chi connectivity index (χ2n) is 11.8. The Morgan fingerprint density at radius 3 is 2.59 bits per heavy atom. The Kier molecular flexibility index (Phi) is 8.10. The van der Waals surface area contributed by atoms with E-state index in [4.69, 9.17) is 10.5 Å². The van der Waals surface area contributed by atoms with E-state index in [-0.39, 0.29) is 29.4 Å². The highest BCUT2D eigenvalue weighted by molar-refractivity contribution is 6.02. The SMILES string of the molecule is COc1c(Nc2ncc3c(n2)N(C2CCCC2)CC(F)(F)C(=O)N3C)ccc(C(N)=O)c1[C@H]1CCN(Cc2ccccc2)C1. The third-order valence-electron chi connectivity index (χ3n) is 8.98. The van der Waals surface area contributed by atoms with Crippen molar-refractivity contribution < 1.29 is 23.1 Å². The van der Waals surface area contributed by atoms with Crippen molar-refractivity contribution in [2.45, 2.75) is 56.5 Å². The lowest BCUT2D eigenvalue weighted by atomic mass is 9.91. The highest BCUT2D eigenvalue weighted by atomic mass is 19.3. The second-order valence-corrected chi connectivity index (χ2v) is 11.8. The van der Waals surface area contributed by atoms with Gasteiger partial charge in [-0.15, -0.1) is 0 Å². The van der Waals surface area contributed by atoms with Crippen molar-refractivity contribution in [3.8, 4) is 5.75 Å². The normalized spacial score (nSPS) is 20.5. The Morgan fingerprint density at radius 2 is 1.89 bits per heavy atom. The van der Waals surface area contributed by atoms with Crippen LogP contribution < -0.4 is 25.6 Å². The van der Waals surface area contributed by atoms with Crippen molar-refractivity contribution in [1.82, 2.24) is 14.9 Å². The lowest BCUT2D eigenvalue weighted by molar-refractivity contribution is -0.140.